The van der Waals surface area contributed by atoms with Crippen LogP contribution in [0.15, 0.2) is 70.9 Å². The highest BCUT2D eigenvalue weighted by atomic mass is 32.2. The first-order valence-corrected chi connectivity index (χ1v) is 11.3. The van der Waals surface area contributed by atoms with Gasteiger partial charge in [0.25, 0.3) is 0 Å². The second kappa shape index (κ2) is 8.71. The molecule has 0 spiro atoms. The van der Waals surface area contributed by atoms with Gasteiger partial charge in [-0.15, -0.1) is 0 Å². The normalized spacial score (nSPS) is 20.7. The maximum Gasteiger partial charge on any atom is 0.338 e. The number of benzene rings is 2. The largest absolute Gasteiger partial charge is 0.457 e. The molecule has 2 aromatic carbocycles. The number of allylic oxidation sites excluding steroid dienone is 1. The Morgan fingerprint density at radius 2 is 1.81 bits per heavy atom. The van der Waals surface area contributed by atoms with E-state index >= 15 is 0 Å². The van der Waals surface area contributed by atoms with E-state index in [2.05, 4.69) is 31.0 Å². The molecule has 2 aromatic rings. The minimum absolute atomic E-state index is 0.0393. The lowest BCUT2D eigenvalue weighted by Crippen LogP contribution is -2.40. The first-order valence-electron chi connectivity index (χ1n) is 10.5. The van der Waals surface area contributed by atoms with Crippen molar-refractivity contribution in [3.63, 3.8) is 0 Å². The van der Waals surface area contributed by atoms with Gasteiger partial charge in [-0.1, -0.05) is 80.2 Å². The molecular weight excluding hydrogens is 408 g/mol. The van der Waals surface area contributed by atoms with Gasteiger partial charge in [0.1, 0.15) is 6.61 Å². The molecule has 0 aromatic heterocycles. The van der Waals surface area contributed by atoms with Gasteiger partial charge in [0.2, 0.25) is 5.91 Å². The number of amides is 1. The van der Waals surface area contributed by atoms with Gasteiger partial charge in [-0.2, -0.15) is 0 Å². The van der Waals surface area contributed by atoms with Gasteiger partial charge >= 0.3 is 5.97 Å². The fourth-order valence-corrected chi connectivity index (χ4v) is 4.87. The molecule has 2 heterocycles. The summed E-state index contributed by atoms with van der Waals surface area (Å²) in [5.41, 5.74) is 4.01. The molecule has 0 saturated carbocycles. The summed E-state index contributed by atoms with van der Waals surface area (Å²) in [5.74, 6) is -0.0869. The highest BCUT2D eigenvalue weighted by molar-refractivity contribution is 8.15. The smallest absolute Gasteiger partial charge is 0.338 e. The van der Waals surface area contributed by atoms with Crippen LogP contribution in [0, 0.1) is 0 Å². The molecule has 2 atom stereocenters. The van der Waals surface area contributed by atoms with Crippen LogP contribution >= 0.6 is 11.8 Å². The number of carbonyl (C=O) groups is 2. The molecule has 2 aliphatic heterocycles. The highest BCUT2D eigenvalue weighted by Gasteiger charge is 2.46. The number of thioether (sulfide) groups is 1. The van der Waals surface area contributed by atoms with E-state index in [9.17, 15) is 9.59 Å². The molecule has 0 N–H and O–H groups in total. The molecular formula is C25H26N2O3S. The number of esters is 1. The Bertz CT molecular complexity index is 1060. The van der Waals surface area contributed by atoms with Crippen LogP contribution in [-0.4, -0.2) is 27.2 Å². The Balaban J connectivity index is 1.70. The van der Waals surface area contributed by atoms with Crippen LogP contribution in [0.3, 0.4) is 0 Å². The van der Waals surface area contributed by atoms with Gasteiger partial charge < -0.3 is 4.74 Å². The van der Waals surface area contributed by atoms with Crippen molar-refractivity contribution in [3.05, 3.63) is 82.6 Å². The third-order valence-electron chi connectivity index (χ3n) is 5.61. The van der Waals surface area contributed by atoms with Crippen molar-refractivity contribution >= 4 is 28.8 Å². The first kappa shape index (κ1) is 21.4. The summed E-state index contributed by atoms with van der Waals surface area (Å²) < 4.78 is 5.65. The van der Waals surface area contributed by atoms with Crippen molar-refractivity contribution in [3.8, 4) is 0 Å². The van der Waals surface area contributed by atoms with E-state index in [1.54, 1.807) is 4.90 Å². The average molecular weight is 435 g/mol. The van der Waals surface area contributed by atoms with Crippen LogP contribution in [0.1, 0.15) is 56.3 Å². The second-order valence-corrected chi connectivity index (χ2v) is 9.46. The Labute approximate surface area is 187 Å². The van der Waals surface area contributed by atoms with E-state index in [-0.39, 0.29) is 17.8 Å². The highest BCUT2D eigenvalue weighted by Crippen LogP contribution is 2.43. The van der Waals surface area contributed by atoms with Gasteiger partial charge in [-0.25, -0.2) is 9.79 Å². The summed E-state index contributed by atoms with van der Waals surface area (Å²) in [6.07, 6.45) is 0. The van der Waals surface area contributed by atoms with Crippen molar-refractivity contribution in [1.82, 2.24) is 4.90 Å². The SMILES string of the molecule is CC1=C(C(=O)OCc2ccccc2)[C@H](c2ccc(C(C)C)cc2)N2C(=O)[C@H](C)SC2=N1. The predicted octanol–water partition coefficient (Wildman–Crippen LogP) is 5.20. The van der Waals surface area contributed by atoms with Gasteiger partial charge in [0.15, 0.2) is 5.17 Å². The number of ether oxygens (including phenoxy) is 1. The molecule has 0 unspecified atom stereocenters. The minimum Gasteiger partial charge on any atom is -0.457 e. The van der Waals surface area contributed by atoms with E-state index in [0.717, 1.165) is 11.1 Å². The van der Waals surface area contributed by atoms with Crippen LogP contribution in [0.25, 0.3) is 0 Å². The van der Waals surface area contributed by atoms with Crippen LogP contribution in [0.4, 0.5) is 0 Å². The van der Waals surface area contributed by atoms with Gasteiger partial charge in [0, 0.05) is 0 Å². The lowest BCUT2D eigenvalue weighted by Gasteiger charge is -2.33. The number of aliphatic imine (C=N–C) groups is 1. The minimum atomic E-state index is -0.540. The molecule has 1 saturated heterocycles. The van der Waals surface area contributed by atoms with Crippen LogP contribution in [0.2, 0.25) is 0 Å². The van der Waals surface area contributed by atoms with E-state index in [1.165, 1.54) is 17.3 Å². The maximum absolute atomic E-state index is 13.2. The standard InChI is InChI=1S/C25H26N2O3S/c1-15(2)19-10-12-20(13-11-19)22-21(24(29)30-14-18-8-6-5-7-9-18)16(3)26-25-27(22)23(28)17(4)31-25/h5-13,15,17,22H,14H2,1-4H3/t17-,22-/m0/s1. The molecule has 4 rings (SSSR count). The van der Waals surface area contributed by atoms with Crippen LogP contribution in [-0.2, 0) is 20.9 Å². The summed E-state index contributed by atoms with van der Waals surface area (Å²) in [7, 11) is 0. The summed E-state index contributed by atoms with van der Waals surface area (Å²) in [6, 6.07) is 17.1. The Kier molecular flexibility index (Phi) is 6.01. The zero-order chi connectivity index (χ0) is 22.1. The molecule has 6 heteroatoms. The Morgan fingerprint density at radius 3 is 2.45 bits per heavy atom. The molecule has 1 amide bonds. The number of carbonyl (C=O) groups excluding carboxylic acids is 2. The van der Waals surface area contributed by atoms with Crippen LogP contribution in [0.5, 0.6) is 0 Å². The molecule has 31 heavy (non-hydrogen) atoms. The van der Waals surface area contributed by atoms with E-state index in [1.807, 2.05) is 56.3 Å². The average Bonchev–Trinajstić information content (AvgIpc) is 3.05. The van der Waals surface area contributed by atoms with E-state index in [4.69, 9.17) is 4.74 Å². The summed E-state index contributed by atoms with van der Waals surface area (Å²) >= 11 is 1.43. The second-order valence-electron chi connectivity index (χ2n) is 8.15. The lowest BCUT2D eigenvalue weighted by molar-refractivity contribution is -0.141. The van der Waals surface area contributed by atoms with Gasteiger partial charge in [0.05, 0.1) is 22.6 Å². The van der Waals surface area contributed by atoms with Crippen molar-refractivity contribution in [2.75, 3.05) is 0 Å². The van der Waals surface area contributed by atoms with Crippen molar-refractivity contribution in [2.24, 2.45) is 4.99 Å². The number of nitrogens with zero attached hydrogens (tertiary/aromatic N) is 2. The molecule has 5 nitrogen and oxygen atoms in total. The van der Waals surface area contributed by atoms with E-state index < -0.39 is 12.0 Å². The third-order valence-corrected chi connectivity index (χ3v) is 6.66. The van der Waals surface area contributed by atoms with Crippen molar-refractivity contribution in [2.45, 2.75) is 51.5 Å². The van der Waals surface area contributed by atoms with Gasteiger partial charge in [-0.05, 0) is 36.5 Å². The number of rotatable bonds is 5. The molecule has 2 aliphatic rings. The zero-order valence-electron chi connectivity index (χ0n) is 18.2. The summed E-state index contributed by atoms with van der Waals surface area (Å²) in [4.78, 5) is 32.5. The first-order chi connectivity index (χ1) is 14.9. The number of amidine groups is 1. The summed E-state index contributed by atoms with van der Waals surface area (Å²) in [5, 5.41) is 0.413. The Hall–Kier alpha value is -2.86. The van der Waals surface area contributed by atoms with Crippen molar-refractivity contribution in [1.29, 1.82) is 0 Å². The van der Waals surface area contributed by atoms with E-state index in [0.29, 0.717) is 22.4 Å². The molecule has 0 aliphatic carbocycles. The number of hydrogen-bond donors (Lipinski definition) is 0. The van der Waals surface area contributed by atoms with Gasteiger partial charge in [-0.3, -0.25) is 9.69 Å². The maximum atomic E-state index is 13.2. The molecule has 0 bridgehead atoms. The summed E-state index contributed by atoms with van der Waals surface area (Å²) in [6.45, 7) is 8.13. The monoisotopic (exact) mass is 434 g/mol. The third kappa shape index (κ3) is 4.17. The number of fused-ring (bicyclic) bond motifs is 1. The quantitative estimate of drug-likeness (QED) is 0.607. The Morgan fingerprint density at radius 1 is 1.13 bits per heavy atom. The fourth-order valence-electron chi connectivity index (χ4n) is 3.84. The molecule has 0 radical (unpaired) electrons. The number of hydrogen-bond acceptors (Lipinski definition) is 5. The fraction of sp³-hybridized carbons (Fsp3) is 0.320. The topological polar surface area (TPSA) is 59.0 Å². The lowest BCUT2D eigenvalue weighted by atomic mass is 9.92. The predicted molar refractivity (Wildman–Crippen MR) is 124 cm³/mol. The van der Waals surface area contributed by atoms with Crippen LogP contribution < -0.4 is 0 Å². The molecule has 1 fully saturated rings. The van der Waals surface area contributed by atoms with Crippen molar-refractivity contribution < 1.29 is 14.3 Å². The molecule has 160 valence electrons. The zero-order valence-corrected chi connectivity index (χ0v) is 19.0.